The number of nitrogens with one attached hydrogen (secondary N) is 3. The summed E-state index contributed by atoms with van der Waals surface area (Å²) in [4.78, 5) is 31.2. The summed E-state index contributed by atoms with van der Waals surface area (Å²) < 4.78 is 0. The minimum atomic E-state index is -0.368. The maximum atomic E-state index is 12.9. The number of pyridine rings is 1. The minimum Gasteiger partial charge on any atom is -0.377 e. The molecule has 0 aliphatic carbocycles. The zero-order chi connectivity index (χ0) is 22.2. The average molecular weight is 418 g/mol. The summed E-state index contributed by atoms with van der Waals surface area (Å²) in [6.07, 6.45) is 4.29. The molecule has 0 unspecified atom stereocenters. The van der Waals surface area contributed by atoms with Crippen molar-refractivity contribution in [2.45, 2.75) is 19.9 Å². The Morgan fingerprint density at radius 2 is 1.68 bits per heavy atom. The fourth-order valence-corrected chi connectivity index (χ4v) is 3.13. The van der Waals surface area contributed by atoms with Crippen molar-refractivity contribution in [1.29, 1.82) is 0 Å². The van der Waals surface area contributed by atoms with E-state index >= 15 is 0 Å². The highest BCUT2D eigenvalue weighted by Crippen LogP contribution is 2.23. The number of anilines is 3. The smallest absolute Gasteiger partial charge is 0.323 e. The fraction of sp³-hybridized carbons (Fsp3) is 0.208. The number of carbonyl (C=O) groups is 2. The van der Waals surface area contributed by atoms with E-state index in [1.54, 1.807) is 24.5 Å². The molecule has 3 amide bonds. The van der Waals surface area contributed by atoms with Gasteiger partial charge in [-0.3, -0.25) is 9.78 Å². The highest BCUT2D eigenvalue weighted by Gasteiger charge is 2.15. The molecule has 0 bridgehead atoms. The van der Waals surface area contributed by atoms with Crippen molar-refractivity contribution in [1.82, 2.24) is 10.3 Å². The van der Waals surface area contributed by atoms with Crippen molar-refractivity contribution in [3.05, 3.63) is 83.7 Å². The Labute approximate surface area is 182 Å². The summed E-state index contributed by atoms with van der Waals surface area (Å²) in [6, 6.07) is 16.3. The normalized spacial score (nSPS) is 10.3. The monoisotopic (exact) mass is 417 g/mol. The van der Waals surface area contributed by atoms with E-state index in [1.807, 2.05) is 61.5 Å². The van der Waals surface area contributed by atoms with Crippen LogP contribution in [0.2, 0.25) is 0 Å². The third-order valence-electron chi connectivity index (χ3n) is 4.75. The van der Waals surface area contributed by atoms with E-state index in [4.69, 9.17) is 0 Å². The summed E-state index contributed by atoms with van der Waals surface area (Å²) in [5.41, 5.74) is 4.52. The number of urea groups is 1. The first kappa shape index (κ1) is 21.8. The van der Waals surface area contributed by atoms with Crippen molar-refractivity contribution in [3.8, 4) is 0 Å². The molecule has 7 heteroatoms. The number of nitrogens with zero attached hydrogens (tertiary/aromatic N) is 2. The van der Waals surface area contributed by atoms with Gasteiger partial charge >= 0.3 is 6.03 Å². The molecule has 0 saturated carbocycles. The lowest BCUT2D eigenvalue weighted by Gasteiger charge is -2.18. The molecule has 0 saturated heterocycles. The molecule has 3 N–H and O–H groups in total. The Balaban J connectivity index is 1.72. The van der Waals surface area contributed by atoms with Gasteiger partial charge in [-0.05, 0) is 53.9 Å². The number of hydrogen-bond acceptors (Lipinski definition) is 4. The number of benzene rings is 2. The molecule has 0 fully saturated rings. The van der Waals surface area contributed by atoms with Crippen LogP contribution in [0.3, 0.4) is 0 Å². The summed E-state index contributed by atoms with van der Waals surface area (Å²) in [5.74, 6) is -0.229. The summed E-state index contributed by atoms with van der Waals surface area (Å²) in [7, 11) is 3.74. The predicted octanol–water partition coefficient (Wildman–Crippen LogP) is 4.28. The Hall–Kier alpha value is -3.87. The summed E-state index contributed by atoms with van der Waals surface area (Å²) in [6.45, 7) is 2.43. The highest BCUT2D eigenvalue weighted by atomic mass is 16.2. The third kappa shape index (κ3) is 6.05. The van der Waals surface area contributed by atoms with E-state index in [9.17, 15) is 9.59 Å². The van der Waals surface area contributed by atoms with Crippen LogP contribution in [0, 0.1) is 0 Å². The zero-order valence-electron chi connectivity index (χ0n) is 18.0. The minimum absolute atomic E-state index is 0.229. The van der Waals surface area contributed by atoms with Crippen molar-refractivity contribution < 1.29 is 9.59 Å². The van der Waals surface area contributed by atoms with Gasteiger partial charge in [-0.15, -0.1) is 0 Å². The van der Waals surface area contributed by atoms with E-state index in [0.717, 1.165) is 28.9 Å². The van der Waals surface area contributed by atoms with Crippen LogP contribution >= 0.6 is 0 Å². The lowest BCUT2D eigenvalue weighted by molar-refractivity contribution is 0.0951. The second-order valence-corrected chi connectivity index (χ2v) is 7.30. The predicted molar refractivity (Wildman–Crippen MR) is 125 cm³/mol. The standard InChI is InChI=1S/C24H27N5O2/c1-4-17-7-5-9-19(13-17)27-24(31)28-20-10-11-22(29(2)3)21(14-20)23(30)26-16-18-8-6-12-25-15-18/h5-15H,4,16H2,1-3H3,(H,26,30)(H2,27,28,31). The summed E-state index contributed by atoms with van der Waals surface area (Å²) in [5, 5.41) is 8.54. The Kier molecular flexibility index (Phi) is 7.22. The Bertz CT molecular complexity index is 1050. The molecule has 7 nitrogen and oxygen atoms in total. The average Bonchev–Trinajstić information content (AvgIpc) is 2.78. The van der Waals surface area contributed by atoms with E-state index in [-0.39, 0.29) is 11.9 Å². The highest BCUT2D eigenvalue weighted by molar-refractivity contribution is 6.04. The number of carbonyl (C=O) groups excluding carboxylic acids is 2. The van der Waals surface area contributed by atoms with E-state index in [1.165, 1.54) is 0 Å². The molecule has 0 aliphatic rings. The molecule has 0 radical (unpaired) electrons. The fourth-order valence-electron chi connectivity index (χ4n) is 3.13. The SMILES string of the molecule is CCc1cccc(NC(=O)Nc2ccc(N(C)C)c(C(=O)NCc3cccnc3)c2)c1. The third-order valence-corrected chi connectivity index (χ3v) is 4.75. The van der Waals surface area contributed by atoms with Crippen LogP contribution in [-0.2, 0) is 13.0 Å². The van der Waals surface area contributed by atoms with Crippen LogP contribution in [0.5, 0.6) is 0 Å². The van der Waals surface area contributed by atoms with E-state index in [0.29, 0.717) is 17.8 Å². The molecule has 3 rings (SSSR count). The molecule has 0 atom stereocenters. The number of hydrogen-bond donors (Lipinski definition) is 3. The first-order valence-electron chi connectivity index (χ1n) is 10.1. The summed E-state index contributed by atoms with van der Waals surface area (Å²) >= 11 is 0. The van der Waals surface area contributed by atoms with E-state index in [2.05, 4.69) is 27.9 Å². The van der Waals surface area contributed by atoms with Crippen LogP contribution in [0.15, 0.2) is 67.0 Å². The van der Waals surface area contributed by atoms with E-state index < -0.39 is 0 Å². The van der Waals surface area contributed by atoms with Crippen molar-refractivity contribution >= 4 is 29.0 Å². The molecule has 3 aromatic rings. The molecule has 2 aromatic carbocycles. The Morgan fingerprint density at radius 1 is 0.935 bits per heavy atom. The molecular formula is C24H27N5O2. The topological polar surface area (TPSA) is 86.4 Å². The van der Waals surface area contributed by atoms with Crippen molar-refractivity contribution in [2.24, 2.45) is 0 Å². The van der Waals surface area contributed by atoms with Crippen LogP contribution in [0.4, 0.5) is 21.9 Å². The quantitative estimate of drug-likeness (QED) is 0.535. The Morgan fingerprint density at radius 3 is 2.35 bits per heavy atom. The van der Waals surface area contributed by atoms with Gasteiger partial charge in [0.1, 0.15) is 0 Å². The van der Waals surface area contributed by atoms with Gasteiger partial charge in [0.25, 0.3) is 5.91 Å². The number of rotatable bonds is 7. The molecular weight excluding hydrogens is 390 g/mol. The molecule has 1 heterocycles. The van der Waals surface area contributed by atoms with Gasteiger partial charge in [-0.1, -0.05) is 25.1 Å². The molecule has 0 spiro atoms. The largest absolute Gasteiger partial charge is 0.377 e. The van der Waals surface area contributed by atoms with Crippen molar-refractivity contribution in [2.75, 3.05) is 29.6 Å². The number of aryl methyl sites for hydroxylation is 1. The second-order valence-electron chi connectivity index (χ2n) is 7.30. The first-order valence-corrected chi connectivity index (χ1v) is 10.1. The molecule has 1 aromatic heterocycles. The lowest BCUT2D eigenvalue weighted by atomic mass is 10.1. The van der Waals surface area contributed by atoms with Gasteiger partial charge < -0.3 is 20.9 Å². The van der Waals surface area contributed by atoms with Crippen LogP contribution in [0.1, 0.15) is 28.4 Å². The maximum Gasteiger partial charge on any atom is 0.323 e. The maximum absolute atomic E-state index is 12.9. The van der Waals surface area contributed by atoms with Gasteiger partial charge in [-0.25, -0.2) is 4.79 Å². The van der Waals surface area contributed by atoms with Gasteiger partial charge in [0.05, 0.1) is 5.56 Å². The molecule has 0 aliphatic heterocycles. The van der Waals surface area contributed by atoms with Gasteiger partial charge in [0.15, 0.2) is 0 Å². The van der Waals surface area contributed by atoms with Gasteiger partial charge in [-0.2, -0.15) is 0 Å². The van der Waals surface area contributed by atoms with Crippen LogP contribution < -0.4 is 20.9 Å². The van der Waals surface area contributed by atoms with Crippen molar-refractivity contribution in [3.63, 3.8) is 0 Å². The zero-order valence-corrected chi connectivity index (χ0v) is 18.0. The number of amides is 3. The molecule has 160 valence electrons. The van der Waals surface area contributed by atoms with Crippen LogP contribution in [0.25, 0.3) is 0 Å². The van der Waals surface area contributed by atoms with Gasteiger partial charge in [0, 0.05) is 50.1 Å². The van der Waals surface area contributed by atoms with Crippen LogP contribution in [-0.4, -0.2) is 31.0 Å². The second kappa shape index (κ2) is 10.2. The number of aromatic nitrogens is 1. The first-order chi connectivity index (χ1) is 15.0. The van der Waals surface area contributed by atoms with Gasteiger partial charge in [0.2, 0.25) is 0 Å². The lowest BCUT2D eigenvalue weighted by Crippen LogP contribution is -2.26. The molecule has 31 heavy (non-hydrogen) atoms.